The first-order chi connectivity index (χ1) is 9.83. The van der Waals surface area contributed by atoms with Gasteiger partial charge in [0, 0.05) is 21.0 Å². The highest BCUT2D eigenvalue weighted by Crippen LogP contribution is 2.17. The molecule has 1 N–H and O–H groups in total. The van der Waals surface area contributed by atoms with Crippen molar-refractivity contribution in [2.24, 2.45) is 0 Å². The lowest BCUT2D eigenvalue weighted by molar-refractivity contribution is 0.104. The fourth-order valence-electron chi connectivity index (χ4n) is 1.71. The van der Waals surface area contributed by atoms with Gasteiger partial charge in [-0.3, -0.25) is 9.52 Å². The molecule has 0 unspecified atom stereocenters. The van der Waals surface area contributed by atoms with E-state index in [0.717, 1.165) is 11.1 Å². The summed E-state index contributed by atoms with van der Waals surface area (Å²) >= 11 is 1.62. The monoisotopic (exact) mass is 321 g/mol. The zero-order valence-electron chi connectivity index (χ0n) is 11.7. The molecule has 0 atom stereocenters. The average molecular weight is 321 g/mol. The van der Waals surface area contributed by atoms with Gasteiger partial charge >= 0.3 is 0 Å². The fourth-order valence-corrected chi connectivity index (χ4v) is 3.06. The molecule has 0 spiro atoms. The van der Waals surface area contributed by atoms with Crippen molar-refractivity contribution in [2.75, 3.05) is 11.0 Å². The number of sulfonamides is 1. The third-order valence-electron chi connectivity index (χ3n) is 2.63. The molecule has 0 radical (unpaired) electrons. The molecule has 0 fully saturated rings. The topological polar surface area (TPSA) is 63.2 Å². The molecule has 21 heavy (non-hydrogen) atoms. The maximum absolute atomic E-state index is 12.0. The Kier molecular flexibility index (Phi) is 4.59. The molecule has 0 aliphatic rings. The highest BCUT2D eigenvalue weighted by Gasteiger charge is 2.04. The number of thiophene rings is 1. The lowest BCUT2D eigenvalue weighted by Crippen LogP contribution is -2.09. The van der Waals surface area contributed by atoms with E-state index in [9.17, 15) is 13.2 Å². The molecule has 110 valence electrons. The third kappa shape index (κ3) is 4.84. The van der Waals surface area contributed by atoms with Crippen LogP contribution in [0.3, 0.4) is 0 Å². The van der Waals surface area contributed by atoms with E-state index in [0.29, 0.717) is 11.3 Å². The van der Waals surface area contributed by atoms with Gasteiger partial charge in [-0.05, 0) is 55.5 Å². The normalized spacial score (nSPS) is 11.7. The Balaban J connectivity index is 2.08. The summed E-state index contributed by atoms with van der Waals surface area (Å²) in [6.07, 6.45) is 4.38. The van der Waals surface area contributed by atoms with Crippen molar-refractivity contribution in [1.82, 2.24) is 0 Å². The standard InChI is InChI=1S/C15H15NO3S2/c1-11-3-8-14(20-11)9-10-15(17)12-4-6-13(7-5-12)16-21(2,18)19/h3-10,16H,1-2H3. The van der Waals surface area contributed by atoms with Crippen molar-refractivity contribution in [2.45, 2.75) is 6.92 Å². The van der Waals surface area contributed by atoms with Gasteiger partial charge in [0.1, 0.15) is 0 Å². The SMILES string of the molecule is Cc1ccc(C=CC(=O)c2ccc(NS(C)(=O)=O)cc2)s1. The number of carbonyl (C=O) groups is 1. The van der Waals surface area contributed by atoms with Gasteiger partial charge in [-0.1, -0.05) is 0 Å². The highest BCUT2D eigenvalue weighted by atomic mass is 32.2. The van der Waals surface area contributed by atoms with Gasteiger partial charge in [0.25, 0.3) is 0 Å². The second kappa shape index (κ2) is 6.24. The maximum Gasteiger partial charge on any atom is 0.229 e. The van der Waals surface area contributed by atoms with Crippen LogP contribution >= 0.6 is 11.3 Å². The predicted molar refractivity (Wildman–Crippen MR) is 87.3 cm³/mol. The van der Waals surface area contributed by atoms with Crippen molar-refractivity contribution in [3.8, 4) is 0 Å². The smallest absolute Gasteiger partial charge is 0.229 e. The van der Waals surface area contributed by atoms with Crippen LogP contribution in [-0.4, -0.2) is 20.5 Å². The van der Waals surface area contributed by atoms with Crippen LogP contribution < -0.4 is 4.72 Å². The first kappa shape index (κ1) is 15.5. The summed E-state index contributed by atoms with van der Waals surface area (Å²) in [5.74, 6) is -0.119. The van der Waals surface area contributed by atoms with E-state index in [1.54, 1.807) is 41.7 Å². The lowest BCUT2D eigenvalue weighted by Gasteiger charge is -2.03. The molecule has 0 bridgehead atoms. The molecule has 0 aliphatic heterocycles. The van der Waals surface area contributed by atoms with Crippen molar-refractivity contribution in [1.29, 1.82) is 0 Å². The number of nitrogens with one attached hydrogen (secondary N) is 1. The Morgan fingerprint density at radius 2 is 1.81 bits per heavy atom. The van der Waals surface area contributed by atoms with Crippen LogP contribution in [0.25, 0.3) is 6.08 Å². The lowest BCUT2D eigenvalue weighted by atomic mass is 10.1. The molecule has 1 aromatic carbocycles. The number of benzene rings is 1. The molecular weight excluding hydrogens is 306 g/mol. The average Bonchev–Trinajstić information content (AvgIpc) is 2.81. The minimum absolute atomic E-state index is 0.119. The van der Waals surface area contributed by atoms with Gasteiger partial charge in [-0.2, -0.15) is 0 Å². The number of hydrogen-bond donors (Lipinski definition) is 1. The summed E-state index contributed by atoms with van der Waals surface area (Å²) in [7, 11) is -3.30. The second-order valence-electron chi connectivity index (χ2n) is 4.60. The van der Waals surface area contributed by atoms with Gasteiger partial charge in [-0.25, -0.2) is 8.42 Å². The van der Waals surface area contributed by atoms with Crippen LogP contribution in [0.1, 0.15) is 20.1 Å². The van der Waals surface area contributed by atoms with Crippen LogP contribution in [-0.2, 0) is 10.0 Å². The molecule has 0 saturated carbocycles. The molecular formula is C15H15NO3S2. The van der Waals surface area contributed by atoms with E-state index < -0.39 is 10.0 Å². The van der Waals surface area contributed by atoms with Crippen LogP contribution in [0.15, 0.2) is 42.5 Å². The number of hydrogen-bond acceptors (Lipinski definition) is 4. The van der Waals surface area contributed by atoms with Gasteiger partial charge in [0.2, 0.25) is 10.0 Å². The Labute approximate surface area is 128 Å². The van der Waals surface area contributed by atoms with E-state index in [1.165, 1.54) is 11.0 Å². The Bertz CT molecular complexity index is 772. The zero-order chi connectivity index (χ0) is 15.5. The summed E-state index contributed by atoms with van der Waals surface area (Å²) in [6, 6.07) is 10.3. The molecule has 1 heterocycles. The molecule has 0 aliphatic carbocycles. The Hall–Kier alpha value is -1.92. The first-order valence-electron chi connectivity index (χ1n) is 6.20. The quantitative estimate of drug-likeness (QED) is 0.679. The van der Waals surface area contributed by atoms with E-state index in [-0.39, 0.29) is 5.78 Å². The summed E-state index contributed by atoms with van der Waals surface area (Å²) in [5, 5.41) is 0. The number of rotatable bonds is 5. The number of anilines is 1. The number of aryl methyl sites for hydroxylation is 1. The Morgan fingerprint density at radius 1 is 1.14 bits per heavy atom. The van der Waals surface area contributed by atoms with Gasteiger partial charge in [-0.15, -0.1) is 11.3 Å². The molecule has 0 amide bonds. The van der Waals surface area contributed by atoms with E-state index in [2.05, 4.69) is 4.72 Å². The zero-order valence-corrected chi connectivity index (χ0v) is 13.3. The third-order valence-corrected chi connectivity index (χ3v) is 4.21. The van der Waals surface area contributed by atoms with Crippen molar-refractivity contribution < 1.29 is 13.2 Å². The van der Waals surface area contributed by atoms with Crippen LogP contribution in [0.5, 0.6) is 0 Å². The summed E-state index contributed by atoms with van der Waals surface area (Å²) in [6.45, 7) is 2.01. The largest absolute Gasteiger partial charge is 0.289 e. The maximum atomic E-state index is 12.0. The highest BCUT2D eigenvalue weighted by molar-refractivity contribution is 7.92. The Morgan fingerprint density at radius 3 is 2.33 bits per heavy atom. The van der Waals surface area contributed by atoms with Gasteiger partial charge in [0.05, 0.1) is 6.26 Å². The molecule has 4 nitrogen and oxygen atoms in total. The minimum Gasteiger partial charge on any atom is -0.289 e. The molecule has 2 aromatic rings. The van der Waals surface area contributed by atoms with Crippen molar-refractivity contribution in [3.05, 3.63) is 57.8 Å². The fraction of sp³-hybridized carbons (Fsp3) is 0.133. The molecule has 6 heteroatoms. The van der Waals surface area contributed by atoms with Crippen molar-refractivity contribution in [3.63, 3.8) is 0 Å². The van der Waals surface area contributed by atoms with E-state index >= 15 is 0 Å². The predicted octanol–water partition coefficient (Wildman–Crippen LogP) is 3.32. The molecule has 2 rings (SSSR count). The number of carbonyl (C=O) groups excluding carboxylic acids is 1. The van der Waals surface area contributed by atoms with Crippen LogP contribution in [0.4, 0.5) is 5.69 Å². The van der Waals surface area contributed by atoms with Crippen molar-refractivity contribution >= 4 is 38.9 Å². The summed E-state index contributed by atoms with van der Waals surface area (Å²) in [4.78, 5) is 14.2. The minimum atomic E-state index is -3.30. The number of allylic oxidation sites excluding steroid dienone is 1. The molecule has 0 saturated heterocycles. The van der Waals surface area contributed by atoms with E-state index in [4.69, 9.17) is 0 Å². The van der Waals surface area contributed by atoms with Gasteiger partial charge < -0.3 is 0 Å². The van der Waals surface area contributed by atoms with Crippen LogP contribution in [0, 0.1) is 6.92 Å². The number of ketones is 1. The summed E-state index contributed by atoms with van der Waals surface area (Å²) in [5.41, 5.74) is 0.950. The molecule has 1 aromatic heterocycles. The second-order valence-corrected chi connectivity index (χ2v) is 7.67. The summed E-state index contributed by atoms with van der Waals surface area (Å²) < 4.78 is 24.5. The van der Waals surface area contributed by atoms with E-state index in [1.807, 2.05) is 19.1 Å². The first-order valence-corrected chi connectivity index (χ1v) is 8.91. The van der Waals surface area contributed by atoms with Gasteiger partial charge in [0.15, 0.2) is 5.78 Å². The van der Waals surface area contributed by atoms with Crippen LogP contribution in [0.2, 0.25) is 0 Å².